The van der Waals surface area contributed by atoms with Crippen LogP contribution in [-0.2, 0) is 11.2 Å². The lowest BCUT2D eigenvalue weighted by molar-refractivity contribution is -0.120. The van der Waals surface area contributed by atoms with E-state index in [-0.39, 0.29) is 6.04 Å². The highest BCUT2D eigenvalue weighted by molar-refractivity contribution is 5.81. The van der Waals surface area contributed by atoms with Crippen molar-refractivity contribution in [1.82, 2.24) is 19.9 Å². The third-order valence-electron chi connectivity index (χ3n) is 7.62. The van der Waals surface area contributed by atoms with Gasteiger partial charge in [-0.05, 0) is 93.8 Å². The molecule has 0 bridgehead atoms. The van der Waals surface area contributed by atoms with Gasteiger partial charge in [0, 0.05) is 30.8 Å². The van der Waals surface area contributed by atoms with E-state index in [1.807, 2.05) is 25.3 Å². The summed E-state index contributed by atoms with van der Waals surface area (Å²) in [5, 5.41) is 0. The van der Waals surface area contributed by atoms with Gasteiger partial charge in [0.25, 0.3) is 0 Å². The molecule has 2 fully saturated rings. The summed E-state index contributed by atoms with van der Waals surface area (Å²) in [5.74, 6) is 1.82. The molecule has 3 aromatic rings. The molecule has 5 nitrogen and oxygen atoms in total. The lowest BCUT2D eigenvalue weighted by Crippen LogP contribution is -2.47. The van der Waals surface area contributed by atoms with Crippen molar-refractivity contribution in [3.63, 3.8) is 0 Å². The van der Waals surface area contributed by atoms with E-state index < -0.39 is 0 Å². The molecule has 2 atom stereocenters. The van der Waals surface area contributed by atoms with Crippen molar-refractivity contribution in [2.45, 2.75) is 77.8 Å². The van der Waals surface area contributed by atoms with E-state index in [1.165, 1.54) is 30.4 Å². The number of carbonyl (C=O) groups excluding carboxylic acids is 1. The van der Waals surface area contributed by atoms with Crippen LogP contribution in [0.1, 0.15) is 72.8 Å². The minimum absolute atomic E-state index is 0.279. The van der Waals surface area contributed by atoms with Crippen LogP contribution in [0.4, 0.5) is 0 Å². The van der Waals surface area contributed by atoms with Crippen LogP contribution in [0.3, 0.4) is 0 Å². The van der Waals surface area contributed by atoms with Gasteiger partial charge in [-0.2, -0.15) is 0 Å². The summed E-state index contributed by atoms with van der Waals surface area (Å²) in [6, 6.07) is 9.38. The molecule has 168 valence electrons. The smallest absolute Gasteiger partial charge is 0.137 e. The highest BCUT2D eigenvalue weighted by atomic mass is 16.1. The zero-order valence-corrected chi connectivity index (χ0v) is 19.5. The van der Waals surface area contributed by atoms with E-state index in [9.17, 15) is 4.79 Å². The molecule has 5 rings (SSSR count). The number of aryl methyl sites for hydroxylation is 3. The maximum atomic E-state index is 12.8. The minimum Gasteiger partial charge on any atom is -0.341 e. The minimum atomic E-state index is 0.279. The number of ketones is 1. The summed E-state index contributed by atoms with van der Waals surface area (Å²) >= 11 is 0. The van der Waals surface area contributed by atoms with Crippen molar-refractivity contribution in [2.24, 2.45) is 5.92 Å². The first-order valence-corrected chi connectivity index (χ1v) is 12.1. The van der Waals surface area contributed by atoms with Gasteiger partial charge < -0.3 is 4.98 Å². The Morgan fingerprint density at radius 1 is 1.12 bits per heavy atom. The zero-order valence-electron chi connectivity index (χ0n) is 19.5. The number of nitrogens with zero attached hydrogens (tertiary/aromatic N) is 3. The van der Waals surface area contributed by atoms with Crippen LogP contribution in [0, 0.1) is 26.7 Å². The molecule has 1 aliphatic heterocycles. The Bertz CT molecular complexity index is 1070. The Morgan fingerprint density at radius 3 is 2.66 bits per heavy atom. The van der Waals surface area contributed by atoms with Crippen molar-refractivity contribution >= 4 is 16.8 Å². The van der Waals surface area contributed by atoms with Crippen molar-refractivity contribution in [3.8, 4) is 0 Å². The Kier molecular flexibility index (Phi) is 5.85. The molecule has 2 aliphatic rings. The van der Waals surface area contributed by atoms with Crippen LogP contribution in [0.2, 0.25) is 0 Å². The predicted octanol–water partition coefficient (Wildman–Crippen LogP) is 5.39. The summed E-state index contributed by atoms with van der Waals surface area (Å²) < 4.78 is 0. The third-order valence-corrected chi connectivity index (χ3v) is 7.62. The molecule has 1 saturated heterocycles. The van der Waals surface area contributed by atoms with E-state index >= 15 is 0 Å². The number of imidazole rings is 1. The molecule has 1 N–H and O–H groups in total. The van der Waals surface area contributed by atoms with Gasteiger partial charge in [0.2, 0.25) is 0 Å². The summed E-state index contributed by atoms with van der Waals surface area (Å²) in [7, 11) is 0. The van der Waals surface area contributed by atoms with E-state index in [2.05, 4.69) is 40.8 Å². The van der Waals surface area contributed by atoms with Crippen molar-refractivity contribution in [1.29, 1.82) is 0 Å². The first kappa shape index (κ1) is 21.3. The third kappa shape index (κ3) is 4.36. The van der Waals surface area contributed by atoms with E-state index in [0.717, 1.165) is 47.5 Å². The van der Waals surface area contributed by atoms with Crippen LogP contribution >= 0.6 is 0 Å². The van der Waals surface area contributed by atoms with Gasteiger partial charge in [-0.1, -0.05) is 12.5 Å². The SMILES string of the molecule is Cc1ccc(CC(=O)C[C@@H]2CCN(C3CCC3)[C@@H](c3nc4cc(C)c(C)cc4[nH]3)C2)cn1. The fourth-order valence-electron chi connectivity index (χ4n) is 5.34. The first-order valence-electron chi connectivity index (χ1n) is 12.1. The average molecular weight is 431 g/mol. The number of benzene rings is 1. The van der Waals surface area contributed by atoms with Crippen LogP contribution < -0.4 is 0 Å². The number of hydrogen-bond acceptors (Lipinski definition) is 4. The van der Waals surface area contributed by atoms with Gasteiger partial charge in [0.1, 0.15) is 11.6 Å². The normalized spacial score (nSPS) is 22.2. The summed E-state index contributed by atoms with van der Waals surface area (Å²) in [4.78, 5) is 28.5. The van der Waals surface area contributed by atoms with Gasteiger partial charge in [-0.25, -0.2) is 4.98 Å². The fraction of sp³-hybridized carbons (Fsp3) is 0.519. The number of aromatic amines is 1. The van der Waals surface area contributed by atoms with Crippen LogP contribution in [0.25, 0.3) is 11.0 Å². The van der Waals surface area contributed by atoms with Gasteiger partial charge >= 0.3 is 0 Å². The highest BCUT2D eigenvalue weighted by Crippen LogP contribution is 2.41. The fourth-order valence-corrected chi connectivity index (χ4v) is 5.34. The molecule has 1 aromatic carbocycles. The number of likely N-dealkylation sites (tertiary alicyclic amines) is 1. The number of hydrogen-bond donors (Lipinski definition) is 1. The second-order valence-corrected chi connectivity index (χ2v) is 10.0. The van der Waals surface area contributed by atoms with Crippen LogP contribution in [0.15, 0.2) is 30.5 Å². The van der Waals surface area contributed by atoms with E-state index in [1.54, 1.807) is 0 Å². The second kappa shape index (κ2) is 8.78. The van der Waals surface area contributed by atoms with Gasteiger partial charge in [-0.15, -0.1) is 0 Å². The number of rotatable bonds is 6. The van der Waals surface area contributed by atoms with Crippen LogP contribution in [0.5, 0.6) is 0 Å². The highest BCUT2D eigenvalue weighted by Gasteiger charge is 2.38. The van der Waals surface area contributed by atoms with Gasteiger partial charge in [-0.3, -0.25) is 14.7 Å². The van der Waals surface area contributed by atoms with Gasteiger partial charge in [0.05, 0.1) is 17.1 Å². The molecule has 32 heavy (non-hydrogen) atoms. The number of nitrogens with one attached hydrogen (secondary N) is 1. The Balaban J connectivity index is 1.33. The molecule has 0 unspecified atom stereocenters. The van der Waals surface area contributed by atoms with E-state index in [0.29, 0.717) is 30.6 Å². The maximum absolute atomic E-state index is 12.8. The molecule has 0 spiro atoms. The van der Waals surface area contributed by atoms with E-state index in [4.69, 9.17) is 4.98 Å². The number of carbonyl (C=O) groups is 1. The monoisotopic (exact) mass is 430 g/mol. The summed E-state index contributed by atoms with van der Waals surface area (Å²) in [6.45, 7) is 7.34. The Morgan fingerprint density at radius 2 is 1.94 bits per heavy atom. The number of H-pyrrole nitrogens is 1. The number of Topliss-reactive ketones (excluding diaryl/α,β-unsaturated/α-hetero) is 1. The number of piperidine rings is 1. The zero-order chi connectivity index (χ0) is 22.2. The lowest BCUT2D eigenvalue weighted by Gasteiger charge is -2.46. The average Bonchev–Trinajstić information content (AvgIpc) is 3.12. The topological polar surface area (TPSA) is 61.9 Å². The standard InChI is InChI=1S/C27H34N4O/c1-17-11-24-25(12-18(17)2)30-27(29-24)26-15-20(9-10-31(26)22-5-4-6-22)13-23(32)14-21-8-7-19(3)28-16-21/h7-8,11-12,16,20,22,26H,4-6,9-10,13-15H2,1-3H3,(H,29,30)/t20-,26+/m0/s1. The summed E-state index contributed by atoms with van der Waals surface area (Å²) in [5.41, 5.74) is 6.77. The Labute approximate surface area is 190 Å². The molecule has 2 aromatic heterocycles. The van der Waals surface area contributed by atoms with Gasteiger partial charge in [0.15, 0.2) is 0 Å². The lowest BCUT2D eigenvalue weighted by atomic mass is 9.82. The molecule has 0 radical (unpaired) electrons. The molecule has 1 aliphatic carbocycles. The van der Waals surface area contributed by atoms with Crippen molar-refractivity contribution in [2.75, 3.05) is 6.54 Å². The Hall–Kier alpha value is -2.53. The van der Waals surface area contributed by atoms with Crippen LogP contribution in [-0.4, -0.2) is 38.2 Å². The molecule has 1 saturated carbocycles. The molecule has 3 heterocycles. The number of pyridine rings is 1. The summed E-state index contributed by atoms with van der Waals surface area (Å²) in [6.07, 6.45) is 9.01. The largest absolute Gasteiger partial charge is 0.341 e. The molecular formula is C27H34N4O. The van der Waals surface area contributed by atoms with Crippen molar-refractivity contribution in [3.05, 3.63) is 58.7 Å². The second-order valence-electron chi connectivity index (χ2n) is 10.0. The quantitative estimate of drug-likeness (QED) is 0.569. The van der Waals surface area contributed by atoms with Crippen molar-refractivity contribution < 1.29 is 4.79 Å². The molecule has 5 heteroatoms. The number of aromatic nitrogens is 3. The predicted molar refractivity (Wildman–Crippen MR) is 128 cm³/mol. The molecular weight excluding hydrogens is 396 g/mol. The molecule has 0 amide bonds. The number of fused-ring (bicyclic) bond motifs is 1. The first-order chi connectivity index (χ1) is 15.5. The maximum Gasteiger partial charge on any atom is 0.137 e.